The SMILES string of the molecule is CNc1ccc(C(=O)NC2CCOC2C)cc1. The molecule has 1 fully saturated rings. The fraction of sp³-hybridized carbons (Fsp3) is 0.462. The summed E-state index contributed by atoms with van der Waals surface area (Å²) < 4.78 is 5.41. The van der Waals surface area contributed by atoms with Crippen molar-refractivity contribution in [2.45, 2.75) is 25.5 Å². The first-order chi connectivity index (χ1) is 8.20. The fourth-order valence-corrected chi connectivity index (χ4v) is 1.96. The van der Waals surface area contributed by atoms with Crippen molar-refractivity contribution in [2.24, 2.45) is 0 Å². The predicted molar refractivity (Wildman–Crippen MR) is 67.3 cm³/mol. The number of carbonyl (C=O) groups excluding carboxylic acids is 1. The van der Waals surface area contributed by atoms with Gasteiger partial charge in [0.15, 0.2) is 0 Å². The first-order valence-corrected chi connectivity index (χ1v) is 5.91. The topological polar surface area (TPSA) is 50.4 Å². The summed E-state index contributed by atoms with van der Waals surface area (Å²) >= 11 is 0. The first-order valence-electron chi connectivity index (χ1n) is 5.91. The van der Waals surface area contributed by atoms with E-state index in [1.54, 1.807) is 0 Å². The number of rotatable bonds is 3. The molecule has 1 aliphatic rings. The number of hydrogen-bond acceptors (Lipinski definition) is 3. The Labute approximate surface area is 101 Å². The third-order valence-corrected chi connectivity index (χ3v) is 3.13. The van der Waals surface area contributed by atoms with Gasteiger partial charge in [0.05, 0.1) is 12.1 Å². The van der Waals surface area contributed by atoms with Gasteiger partial charge in [-0.05, 0) is 37.6 Å². The molecule has 2 atom stereocenters. The Kier molecular flexibility index (Phi) is 3.64. The second-order valence-corrected chi connectivity index (χ2v) is 4.27. The molecule has 92 valence electrons. The Morgan fingerprint density at radius 3 is 2.59 bits per heavy atom. The van der Waals surface area contributed by atoms with E-state index in [0.717, 1.165) is 18.7 Å². The normalized spacial score (nSPS) is 23.4. The van der Waals surface area contributed by atoms with Gasteiger partial charge in [0.1, 0.15) is 0 Å². The van der Waals surface area contributed by atoms with E-state index in [-0.39, 0.29) is 18.1 Å². The summed E-state index contributed by atoms with van der Waals surface area (Å²) in [5.74, 6) is -0.0324. The van der Waals surface area contributed by atoms with Gasteiger partial charge in [0, 0.05) is 24.9 Å². The Morgan fingerprint density at radius 2 is 2.06 bits per heavy atom. The van der Waals surface area contributed by atoms with E-state index in [1.165, 1.54) is 0 Å². The van der Waals surface area contributed by atoms with Crippen LogP contribution >= 0.6 is 0 Å². The monoisotopic (exact) mass is 234 g/mol. The van der Waals surface area contributed by atoms with Crippen LogP contribution in [0, 0.1) is 0 Å². The summed E-state index contributed by atoms with van der Waals surface area (Å²) in [6, 6.07) is 7.56. The summed E-state index contributed by atoms with van der Waals surface area (Å²) in [6.45, 7) is 2.72. The van der Waals surface area contributed by atoms with Crippen LogP contribution in [0.3, 0.4) is 0 Å². The summed E-state index contributed by atoms with van der Waals surface area (Å²) in [5.41, 5.74) is 1.68. The molecule has 0 saturated carbocycles. The molecule has 2 rings (SSSR count). The minimum Gasteiger partial charge on any atom is -0.388 e. The van der Waals surface area contributed by atoms with Crippen molar-refractivity contribution in [1.82, 2.24) is 5.32 Å². The van der Waals surface area contributed by atoms with Crippen molar-refractivity contribution in [3.05, 3.63) is 29.8 Å². The standard InChI is InChI=1S/C13H18N2O2/c1-9-12(7-8-17-9)15-13(16)10-3-5-11(14-2)6-4-10/h3-6,9,12,14H,7-8H2,1-2H3,(H,15,16). The molecule has 1 amide bonds. The molecule has 2 N–H and O–H groups in total. The van der Waals surface area contributed by atoms with Gasteiger partial charge in [-0.1, -0.05) is 0 Å². The molecule has 17 heavy (non-hydrogen) atoms. The third-order valence-electron chi connectivity index (χ3n) is 3.13. The van der Waals surface area contributed by atoms with E-state index in [0.29, 0.717) is 5.56 Å². The van der Waals surface area contributed by atoms with Crippen molar-refractivity contribution in [3.8, 4) is 0 Å². The number of carbonyl (C=O) groups is 1. The average molecular weight is 234 g/mol. The van der Waals surface area contributed by atoms with Crippen LogP contribution in [0.1, 0.15) is 23.7 Å². The summed E-state index contributed by atoms with van der Waals surface area (Å²) in [7, 11) is 1.85. The molecule has 1 heterocycles. The van der Waals surface area contributed by atoms with Crippen LogP contribution in [-0.2, 0) is 4.74 Å². The van der Waals surface area contributed by atoms with E-state index in [4.69, 9.17) is 4.74 Å². The van der Waals surface area contributed by atoms with Gasteiger partial charge in [0.2, 0.25) is 0 Å². The molecule has 0 spiro atoms. The van der Waals surface area contributed by atoms with Crippen LogP contribution in [-0.4, -0.2) is 31.7 Å². The Balaban J connectivity index is 1.99. The maximum Gasteiger partial charge on any atom is 0.251 e. The molecule has 4 heteroatoms. The van der Waals surface area contributed by atoms with Gasteiger partial charge in [0.25, 0.3) is 5.91 Å². The molecule has 1 aliphatic heterocycles. The quantitative estimate of drug-likeness (QED) is 0.836. The van der Waals surface area contributed by atoms with Crippen LogP contribution in [0.25, 0.3) is 0 Å². The number of ether oxygens (including phenoxy) is 1. The molecular formula is C13H18N2O2. The molecular weight excluding hydrogens is 216 g/mol. The highest BCUT2D eigenvalue weighted by Crippen LogP contribution is 2.14. The van der Waals surface area contributed by atoms with Crippen LogP contribution in [0.15, 0.2) is 24.3 Å². The molecule has 0 aromatic heterocycles. The lowest BCUT2D eigenvalue weighted by molar-refractivity contribution is 0.0866. The zero-order valence-electron chi connectivity index (χ0n) is 10.2. The fourth-order valence-electron chi connectivity index (χ4n) is 1.96. The lowest BCUT2D eigenvalue weighted by Crippen LogP contribution is -2.39. The van der Waals surface area contributed by atoms with Crippen LogP contribution in [0.2, 0.25) is 0 Å². The number of amides is 1. The van der Waals surface area contributed by atoms with Crippen molar-refractivity contribution in [3.63, 3.8) is 0 Å². The van der Waals surface area contributed by atoms with Crippen molar-refractivity contribution < 1.29 is 9.53 Å². The Hall–Kier alpha value is -1.55. The molecule has 0 bridgehead atoms. The van der Waals surface area contributed by atoms with Gasteiger partial charge in [-0.25, -0.2) is 0 Å². The largest absolute Gasteiger partial charge is 0.388 e. The van der Waals surface area contributed by atoms with Crippen LogP contribution in [0.4, 0.5) is 5.69 Å². The van der Waals surface area contributed by atoms with Gasteiger partial charge >= 0.3 is 0 Å². The van der Waals surface area contributed by atoms with Gasteiger partial charge in [-0.3, -0.25) is 4.79 Å². The molecule has 2 unspecified atom stereocenters. The van der Waals surface area contributed by atoms with E-state index in [1.807, 2.05) is 38.2 Å². The third kappa shape index (κ3) is 2.77. The predicted octanol–water partition coefficient (Wildman–Crippen LogP) is 1.64. The van der Waals surface area contributed by atoms with Gasteiger partial charge < -0.3 is 15.4 Å². The molecule has 4 nitrogen and oxygen atoms in total. The van der Waals surface area contributed by atoms with E-state index >= 15 is 0 Å². The first kappa shape index (κ1) is 11.9. The average Bonchev–Trinajstić information content (AvgIpc) is 2.75. The van der Waals surface area contributed by atoms with Crippen LogP contribution in [0.5, 0.6) is 0 Å². The zero-order valence-corrected chi connectivity index (χ0v) is 10.2. The highest BCUT2D eigenvalue weighted by molar-refractivity contribution is 5.94. The van der Waals surface area contributed by atoms with Crippen molar-refractivity contribution in [2.75, 3.05) is 19.0 Å². The molecule has 0 radical (unpaired) electrons. The number of benzene rings is 1. The second-order valence-electron chi connectivity index (χ2n) is 4.27. The van der Waals surface area contributed by atoms with Crippen molar-refractivity contribution in [1.29, 1.82) is 0 Å². The highest BCUT2D eigenvalue weighted by atomic mass is 16.5. The number of nitrogens with one attached hydrogen (secondary N) is 2. The lowest BCUT2D eigenvalue weighted by atomic mass is 10.1. The smallest absolute Gasteiger partial charge is 0.251 e. The van der Waals surface area contributed by atoms with Crippen LogP contribution < -0.4 is 10.6 Å². The minimum atomic E-state index is -0.0324. The molecule has 0 aliphatic carbocycles. The zero-order chi connectivity index (χ0) is 12.3. The molecule has 1 saturated heterocycles. The van der Waals surface area contributed by atoms with E-state index < -0.39 is 0 Å². The number of anilines is 1. The van der Waals surface area contributed by atoms with Crippen molar-refractivity contribution >= 4 is 11.6 Å². The van der Waals surface area contributed by atoms with E-state index in [9.17, 15) is 4.79 Å². The summed E-state index contributed by atoms with van der Waals surface area (Å²) in [6.07, 6.45) is 0.997. The summed E-state index contributed by atoms with van der Waals surface area (Å²) in [5, 5.41) is 6.02. The molecule has 1 aromatic carbocycles. The van der Waals surface area contributed by atoms with Gasteiger partial charge in [-0.2, -0.15) is 0 Å². The molecule has 1 aromatic rings. The van der Waals surface area contributed by atoms with Gasteiger partial charge in [-0.15, -0.1) is 0 Å². The summed E-state index contributed by atoms with van der Waals surface area (Å²) in [4.78, 5) is 12.0. The second kappa shape index (κ2) is 5.19. The maximum atomic E-state index is 12.0. The minimum absolute atomic E-state index is 0.0324. The Morgan fingerprint density at radius 1 is 1.35 bits per heavy atom. The maximum absolute atomic E-state index is 12.0. The highest BCUT2D eigenvalue weighted by Gasteiger charge is 2.25. The Bertz CT molecular complexity index is 389. The lowest BCUT2D eigenvalue weighted by Gasteiger charge is -2.16. The van der Waals surface area contributed by atoms with E-state index in [2.05, 4.69) is 10.6 Å². The number of hydrogen-bond donors (Lipinski definition) is 2.